The molecule has 0 saturated heterocycles. The van der Waals surface area contributed by atoms with Gasteiger partial charge in [-0.1, -0.05) is 15.9 Å². The highest BCUT2D eigenvalue weighted by Gasteiger charge is 2.21. The Balaban J connectivity index is 2.46. The van der Waals surface area contributed by atoms with Crippen molar-refractivity contribution >= 4 is 53.3 Å². The Morgan fingerprint density at radius 3 is 2.48 bits per heavy atom. The zero-order valence-corrected chi connectivity index (χ0v) is 14.8. The lowest BCUT2D eigenvalue weighted by Crippen LogP contribution is -2.15. The molecule has 21 heavy (non-hydrogen) atoms. The van der Waals surface area contributed by atoms with Crippen LogP contribution in [0.15, 0.2) is 44.2 Å². The molecule has 0 amide bonds. The van der Waals surface area contributed by atoms with E-state index in [9.17, 15) is 12.8 Å². The van der Waals surface area contributed by atoms with E-state index in [0.717, 1.165) is 16.6 Å². The highest BCUT2D eigenvalue weighted by Crippen LogP contribution is 2.29. The first-order valence-corrected chi connectivity index (χ1v) is 8.81. The van der Waals surface area contributed by atoms with Gasteiger partial charge >= 0.3 is 0 Å². The fourth-order valence-electron chi connectivity index (χ4n) is 1.65. The average Bonchev–Trinajstić information content (AvgIpc) is 2.37. The van der Waals surface area contributed by atoms with Gasteiger partial charge in [-0.05, 0) is 58.7 Å². The molecule has 4 nitrogen and oxygen atoms in total. The third kappa shape index (κ3) is 3.56. The maximum atomic E-state index is 13.9. The fraction of sp³-hybridized carbons (Fsp3) is 0.0769. The van der Waals surface area contributed by atoms with Crippen molar-refractivity contribution in [1.82, 2.24) is 0 Å². The van der Waals surface area contributed by atoms with Gasteiger partial charge in [0.2, 0.25) is 0 Å². The summed E-state index contributed by atoms with van der Waals surface area (Å²) in [6.07, 6.45) is 0. The molecule has 2 aromatic carbocycles. The number of nitrogens with one attached hydrogen (secondary N) is 1. The van der Waals surface area contributed by atoms with Crippen molar-refractivity contribution in [1.29, 1.82) is 0 Å². The largest absolute Gasteiger partial charge is 0.398 e. The Morgan fingerprint density at radius 2 is 1.86 bits per heavy atom. The van der Waals surface area contributed by atoms with Gasteiger partial charge in [0.25, 0.3) is 10.0 Å². The van der Waals surface area contributed by atoms with Crippen LogP contribution in [0.25, 0.3) is 0 Å². The molecule has 0 heterocycles. The third-order valence-electron chi connectivity index (χ3n) is 2.79. The van der Waals surface area contributed by atoms with E-state index in [0.29, 0.717) is 15.7 Å². The summed E-state index contributed by atoms with van der Waals surface area (Å²) >= 11 is 6.51. The maximum absolute atomic E-state index is 13.9. The van der Waals surface area contributed by atoms with Crippen LogP contribution in [0.3, 0.4) is 0 Å². The predicted molar refractivity (Wildman–Crippen MR) is 88.2 cm³/mol. The van der Waals surface area contributed by atoms with Crippen LogP contribution < -0.4 is 10.5 Å². The van der Waals surface area contributed by atoms with E-state index < -0.39 is 20.7 Å². The molecular weight excluding hydrogens is 427 g/mol. The first kappa shape index (κ1) is 16.3. The summed E-state index contributed by atoms with van der Waals surface area (Å²) in [7, 11) is -4.07. The second kappa shape index (κ2) is 5.94. The number of nitrogens with two attached hydrogens (primary N) is 1. The number of hydrogen-bond acceptors (Lipinski definition) is 3. The van der Waals surface area contributed by atoms with Gasteiger partial charge in [0, 0.05) is 14.6 Å². The van der Waals surface area contributed by atoms with Gasteiger partial charge in [0.1, 0.15) is 10.7 Å². The molecule has 8 heteroatoms. The lowest BCUT2D eigenvalue weighted by Gasteiger charge is -2.12. The van der Waals surface area contributed by atoms with Crippen molar-refractivity contribution < 1.29 is 12.8 Å². The summed E-state index contributed by atoms with van der Waals surface area (Å²) in [6, 6.07) is 7.11. The van der Waals surface area contributed by atoms with Crippen LogP contribution in [-0.2, 0) is 10.0 Å². The highest BCUT2D eigenvalue weighted by molar-refractivity contribution is 9.11. The van der Waals surface area contributed by atoms with Crippen LogP contribution in [-0.4, -0.2) is 8.42 Å². The van der Waals surface area contributed by atoms with Crippen molar-refractivity contribution in [3.05, 3.63) is 50.7 Å². The van der Waals surface area contributed by atoms with Gasteiger partial charge in [-0.3, -0.25) is 4.72 Å². The van der Waals surface area contributed by atoms with Gasteiger partial charge in [-0.25, -0.2) is 12.8 Å². The zero-order valence-electron chi connectivity index (χ0n) is 10.8. The van der Waals surface area contributed by atoms with E-state index in [1.807, 2.05) is 0 Å². The Hall–Kier alpha value is -1.12. The number of anilines is 2. The van der Waals surface area contributed by atoms with Gasteiger partial charge in [-0.15, -0.1) is 0 Å². The van der Waals surface area contributed by atoms with E-state index in [1.165, 1.54) is 0 Å². The van der Waals surface area contributed by atoms with Crippen molar-refractivity contribution in [2.24, 2.45) is 0 Å². The average molecular weight is 438 g/mol. The number of nitrogen functional groups attached to an aromatic ring is 1. The topological polar surface area (TPSA) is 72.2 Å². The minimum atomic E-state index is -4.07. The molecule has 112 valence electrons. The lowest BCUT2D eigenvalue weighted by atomic mass is 10.2. The van der Waals surface area contributed by atoms with Crippen molar-refractivity contribution in [3.63, 3.8) is 0 Å². The molecule has 0 atom stereocenters. The molecule has 0 fully saturated rings. The summed E-state index contributed by atoms with van der Waals surface area (Å²) in [5.41, 5.74) is 6.65. The maximum Gasteiger partial charge on any atom is 0.264 e. The first-order valence-electron chi connectivity index (χ1n) is 5.74. The van der Waals surface area contributed by atoms with E-state index >= 15 is 0 Å². The van der Waals surface area contributed by atoms with Gasteiger partial charge in [-0.2, -0.15) is 0 Å². The summed E-state index contributed by atoms with van der Waals surface area (Å²) in [6.45, 7) is 1.60. The zero-order chi connectivity index (χ0) is 15.8. The molecule has 0 aliphatic heterocycles. The lowest BCUT2D eigenvalue weighted by molar-refractivity contribution is 0.570. The fourth-order valence-corrected chi connectivity index (χ4v) is 4.10. The van der Waals surface area contributed by atoms with E-state index in [-0.39, 0.29) is 5.69 Å². The molecule has 0 bridgehead atoms. The molecule has 0 aliphatic carbocycles. The highest BCUT2D eigenvalue weighted by atomic mass is 79.9. The van der Waals surface area contributed by atoms with Crippen LogP contribution in [0.2, 0.25) is 0 Å². The molecule has 0 radical (unpaired) electrons. The Kier molecular flexibility index (Phi) is 4.60. The quantitative estimate of drug-likeness (QED) is 0.711. The molecule has 0 spiro atoms. The Morgan fingerprint density at radius 1 is 1.19 bits per heavy atom. The standard InChI is InChI=1S/C13H11Br2FN2O2S/c1-7-4-10(16)13(6-11(7)17)21(19,20)18-12-3-2-8(14)5-9(12)15/h2-6,18H,17H2,1H3. The molecule has 2 rings (SSSR count). The number of rotatable bonds is 3. The Bertz CT molecular complexity index is 810. The Labute approximate surface area is 138 Å². The number of halogens is 3. The van der Waals surface area contributed by atoms with E-state index in [4.69, 9.17) is 5.73 Å². The van der Waals surface area contributed by atoms with Crippen LogP contribution >= 0.6 is 31.9 Å². The van der Waals surface area contributed by atoms with Crippen molar-refractivity contribution in [2.75, 3.05) is 10.5 Å². The second-order valence-corrected chi connectivity index (χ2v) is 7.79. The van der Waals surface area contributed by atoms with Crippen molar-refractivity contribution in [2.45, 2.75) is 11.8 Å². The first-order chi connectivity index (χ1) is 9.70. The second-order valence-electron chi connectivity index (χ2n) is 4.37. The van der Waals surface area contributed by atoms with Crippen molar-refractivity contribution in [3.8, 4) is 0 Å². The van der Waals surface area contributed by atoms with Crippen LogP contribution in [0.4, 0.5) is 15.8 Å². The van der Waals surface area contributed by atoms with E-state index in [1.54, 1.807) is 25.1 Å². The molecule has 2 aromatic rings. The number of hydrogen-bond donors (Lipinski definition) is 2. The minimum Gasteiger partial charge on any atom is -0.398 e. The van der Waals surface area contributed by atoms with Gasteiger partial charge < -0.3 is 5.73 Å². The summed E-state index contributed by atoms with van der Waals surface area (Å²) in [5.74, 6) is -0.845. The number of aryl methyl sites for hydroxylation is 1. The molecule has 0 aromatic heterocycles. The molecule has 0 saturated carbocycles. The van der Waals surface area contributed by atoms with Gasteiger partial charge in [0.05, 0.1) is 5.69 Å². The summed E-state index contributed by atoms with van der Waals surface area (Å²) in [5, 5.41) is 0. The van der Waals surface area contributed by atoms with Crippen LogP contribution in [0.1, 0.15) is 5.56 Å². The normalized spacial score (nSPS) is 11.4. The molecule has 0 aliphatic rings. The molecule has 0 unspecified atom stereocenters. The monoisotopic (exact) mass is 436 g/mol. The predicted octanol–water partition coefficient (Wildman–Crippen LogP) is 4.04. The SMILES string of the molecule is Cc1cc(F)c(S(=O)(=O)Nc2ccc(Br)cc2Br)cc1N. The van der Waals surface area contributed by atoms with Gasteiger partial charge in [0.15, 0.2) is 0 Å². The summed E-state index contributed by atoms with van der Waals surface area (Å²) < 4.78 is 42.1. The smallest absolute Gasteiger partial charge is 0.264 e. The minimum absolute atomic E-state index is 0.214. The molecular formula is C13H11Br2FN2O2S. The van der Waals surface area contributed by atoms with E-state index in [2.05, 4.69) is 36.6 Å². The third-order valence-corrected chi connectivity index (χ3v) is 5.32. The van der Waals surface area contributed by atoms with Crippen LogP contribution in [0, 0.1) is 12.7 Å². The number of sulfonamides is 1. The van der Waals surface area contributed by atoms with Crippen LogP contribution in [0.5, 0.6) is 0 Å². The number of benzene rings is 2. The summed E-state index contributed by atoms with van der Waals surface area (Å²) in [4.78, 5) is -0.486. The molecule has 3 N–H and O–H groups in total.